The molecule has 0 radical (unpaired) electrons. The summed E-state index contributed by atoms with van der Waals surface area (Å²) in [7, 11) is -2.11. The second-order valence-electron chi connectivity index (χ2n) is 11.1. The van der Waals surface area contributed by atoms with Gasteiger partial charge in [-0.2, -0.15) is 0 Å². The molecule has 0 bridgehead atoms. The maximum atomic E-state index is 13.6. The van der Waals surface area contributed by atoms with Crippen LogP contribution in [0.3, 0.4) is 0 Å². The second-order valence-corrected chi connectivity index (χ2v) is 12.9. The lowest BCUT2D eigenvalue weighted by atomic mass is 9.95. The molecule has 1 saturated carbocycles. The summed E-state index contributed by atoms with van der Waals surface area (Å²) in [5.74, 6) is -3.42. The number of anilines is 3. The Balaban J connectivity index is 1.40. The van der Waals surface area contributed by atoms with Crippen LogP contribution in [0.25, 0.3) is 0 Å². The van der Waals surface area contributed by atoms with E-state index in [-0.39, 0.29) is 48.3 Å². The number of pyridine rings is 1. The standard InChI is InChI=1S/C27H35F2N5O6S/c1-40-18-26-6-10-32(17-19(26)16-26)23-15-20(31-41(38,39)14-13-35)4-5-21(23)24(36)30-22-3-2-9-34(25(22)37)33-11-7-27(28,29)8-12-33/h2-5,9,15,19,31,35H,6-8,10-14,16-18H2,1H3,(H,30,36)/t19-,26-/m0/s1. The Morgan fingerprint density at radius 2 is 1.93 bits per heavy atom. The number of aliphatic hydroxyl groups excluding tert-OH is 1. The smallest absolute Gasteiger partial charge is 0.292 e. The van der Waals surface area contributed by atoms with E-state index in [0.29, 0.717) is 31.3 Å². The van der Waals surface area contributed by atoms with Crippen LogP contribution >= 0.6 is 0 Å². The number of hydrogen-bond donors (Lipinski definition) is 3. The van der Waals surface area contributed by atoms with Gasteiger partial charge in [0.1, 0.15) is 5.69 Å². The van der Waals surface area contributed by atoms with Crippen LogP contribution in [-0.4, -0.2) is 82.3 Å². The number of alkyl halides is 2. The van der Waals surface area contributed by atoms with E-state index in [4.69, 9.17) is 9.84 Å². The van der Waals surface area contributed by atoms with Crippen molar-refractivity contribution >= 4 is 33.0 Å². The summed E-state index contributed by atoms with van der Waals surface area (Å²) < 4.78 is 61.0. The Labute approximate surface area is 237 Å². The summed E-state index contributed by atoms with van der Waals surface area (Å²) in [4.78, 5) is 28.8. The lowest BCUT2D eigenvalue weighted by molar-refractivity contribution is -0.0260. The van der Waals surface area contributed by atoms with Crippen LogP contribution in [0.5, 0.6) is 0 Å². The van der Waals surface area contributed by atoms with Gasteiger partial charge in [0, 0.05) is 57.7 Å². The molecule has 3 fully saturated rings. The Bertz CT molecular complexity index is 1460. The number of piperidine rings is 2. The van der Waals surface area contributed by atoms with E-state index in [1.807, 2.05) is 4.90 Å². The van der Waals surface area contributed by atoms with Crippen LogP contribution in [0, 0.1) is 11.3 Å². The molecule has 1 aliphatic carbocycles. The zero-order valence-electron chi connectivity index (χ0n) is 22.8. The molecule has 1 amide bonds. The van der Waals surface area contributed by atoms with Crippen molar-refractivity contribution in [2.75, 3.05) is 72.2 Å². The van der Waals surface area contributed by atoms with Gasteiger partial charge in [-0.15, -0.1) is 0 Å². The molecule has 3 aliphatic rings. The highest BCUT2D eigenvalue weighted by atomic mass is 32.2. The van der Waals surface area contributed by atoms with Crippen LogP contribution in [0.1, 0.15) is 36.0 Å². The molecule has 2 aromatic rings. The van der Waals surface area contributed by atoms with Crippen molar-refractivity contribution in [3.8, 4) is 0 Å². The number of nitrogens with one attached hydrogen (secondary N) is 2. The highest BCUT2D eigenvalue weighted by Gasteiger charge is 2.56. The van der Waals surface area contributed by atoms with Crippen LogP contribution in [0.2, 0.25) is 0 Å². The Morgan fingerprint density at radius 3 is 2.61 bits per heavy atom. The molecule has 224 valence electrons. The van der Waals surface area contributed by atoms with Gasteiger partial charge in [0.25, 0.3) is 17.4 Å². The summed E-state index contributed by atoms with van der Waals surface area (Å²) >= 11 is 0. The molecule has 41 heavy (non-hydrogen) atoms. The maximum Gasteiger partial charge on any atom is 0.292 e. The van der Waals surface area contributed by atoms with Crippen LogP contribution in [-0.2, 0) is 14.8 Å². The first-order chi connectivity index (χ1) is 19.5. The number of carbonyl (C=O) groups excluding carboxylic acids is 1. The Hall–Kier alpha value is -3.23. The van der Waals surface area contributed by atoms with Gasteiger partial charge < -0.3 is 25.1 Å². The van der Waals surface area contributed by atoms with E-state index >= 15 is 0 Å². The number of nitrogens with zero attached hydrogens (tertiary/aromatic N) is 3. The van der Waals surface area contributed by atoms with Crippen molar-refractivity contribution in [3.05, 3.63) is 52.4 Å². The number of amides is 1. The van der Waals surface area contributed by atoms with Crippen LogP contribution in [0.15, 0.2) is 41.3 Å². The van der Waals surface area contributed by atoms with E-state index in [2.05, 4.69) is 10.0 Å². The molecule has 0 spiro atoms. The summed E-state index contributed by atoms with van der Waals surface area (Å²) in [6.45, 7) is 1.42. The third-order valence-corrected chi connectivity index (χ3v) is 9.55. The molecule has 2 saturated heterocycles. The number of carbonyl (C=O) groups is 1. The number of halogens is 2. The van der Waals surface area contributed by atoms with Crippen molar-refractivity contribution in [1.29, 1.82) is 0 Å². The van der Waals surface area contributed by atoms with E-state index < -0.39 is 39.8 Å². The van der Waals surface area contributed by atoms with Crippen molar-refractivity contribution in [3.63, 3.8) is 0 Å². The number of ether oxygens (including phenoxy) is 1. The number of rotatable bonds is 10. The fourth-order valence-electron chi connectivity index (χ4n) is 5.89. The minimum absolute atomic E-state index is 0.00277. The monoisotopic (exact) mass is 595 g/mol. The SMILES string of the molecule is COC[C@@]12CCN(c3cc(NS(=O)(=O)CCO)ccc3C(=O)Nc3cccn(N4CCC(F)(F)CC4)c3=O)C[C@@H]1C2. The highest BCUT2D eigenvalue weighted by Crippen LogP contribution is 2.58. The van der Waals surface area contributed by atoms with E-state index in [1.165, 1.54) is 34.1 Å². The summed E-state index contributed by atoms with van der Waals surface area (Å²) in [6.07, 6.45) is 2.61. The highest BCUT2D eigenvalue weighted by molar-refractivity contribution is 7.92. The summed E-state index contributed by atoms with van der Waals surface area (Å²) in [5, 5.41) is 13.3. The lowest BCUT2D eigenvalue weighted by Gasteiger charge is -2.34. The van der Waals surface area contributed by atoms with Gasteiger partial charge >= 0.3 is 0 Å². The maximum absolute atomic E-state index is 13.6. The van der Waals surface area contributed by atoms with Gasteiger partial charge in [-0.3, -0.25) is 14.3 Å². The van der Waals surface area contributed by atoms with E-state index in [1.54, 1.807) is 19.2 Å². The normalized spacial score (nSPS) is 23.6. The molecule has 14 heteroatoms. The van der Waals surface area contributed by atoms with Gasteiger partial charge in [-0.25, -0.2) is 21.9 Å². The zero-order valence-corrected chi connectivity index (χ0v) is 23.6. The predicted molar refractivity (Wildman–Crippen MR) is 151 cm³/mol. The van der Waals surface area contributed by atoms with Gasteiger partial charge in [-0.05, 0) is 49.1 Å². The van der Waals surface area contributed by atoms with Crippen molar-refractivity contribution in [2.24, 2.45) is 11.3 Å². The van der Waals surface area contributed by atoms with Gasteiger partial charge in [0.2, 0.25) is 10.0 Å². The summed E-state index contributed by atoms with van der Waals surface area (Å²) in [5.41, 5.74) is 0.594. The molecule has 11 nitrogen and oxygen atoms in total. The van der Waals surface area contributed by atoms with Crippen LogP contribution < -0.4 is 25.5 Å². The molecule has 5 rings (SSSR count). The third-order valence-electron chi connectivity index (χ3n) is 8.28. The largest absolute Gasteiger partial charge is 0.395 e. The first kappa shape index (κ1) is 29.3. The molecular formula is C27H35F2N5O6S. The molecule has 1 aromatic carbocycles. The number of methoxy groups -OCH3 is 1. The lowest BCUT2D eigenvalue weighted by Crippen LogP contribution is -2.49. The molecule has 3 N–H and O–H groups in total. The summed E-state index contributed by atoms with van der Waals surface area (Å²) in [6, 6.07) is 7.57. The topological polar surface area (TPSA) is 133 Å². The second kappa shape index (κ2) is 11.2. The first-order valence-corrected chi connectivity index (χ1v) is 15.3. The Morgan fingerprint density at radius 1 is 1.17 bits per heavy atom. The molecule has 0 unspecified atom stereocenters. The van der Waals surface area contributed by atoms with Crippen molar-refractivity contribution in [2.45, 2.75) is 31.6 Å². The number of aliphatic hydroxyl groups is 1. The molecule has 2 aliphatic heterocycles. The van der Waals surface area contributed by atoms with Gasteiger partial charge in [0.15, 0.2) is 0 Å². The first-order valence-electron chi connectivity index (χ1n) is 13.6. The molecule has 1 aromatic heterocycles. The van der Waals surface area contributed by atoms with Gasteiger partial charge in [0.05, 0.1) is 35.9 Å². The number of sulfonamides is 1. The zero-order chi connectivity index (χ0) is 29.4. The average Bonchev–Trinajstić information content (AvgIpc) is 3.63. The van der Waals surface area contributed by atoms with Crippen molar-refractivity contribution < 1.29 is 31.8 Å². The number of fused-ring (bicyclic) bond motifs is 1. The van der Waals surface area contributed by atoms with Gasteiger partial charge in [-0.1, -0.05) is 0 Å². The quantitative estimate of drug-likeness (QED) is 0.380. The van der Waals surface area contributed by atoms with Crippen LogP contribution in [0.4, 0.5) is 25.8 Å². The van der Waals surface area contributed by atoms with Crippen molar-refractivity contribution in [1.82, 2.24) is 4.68 Å². The van der Waals surface area contributed by atoms with E-state index in [0.717, 1.165) is 12.8 Å². The number of aromatic nitrogens is 1. The van der Waals surface area contributed by atoms with E-state index in [9.17, 15) is 26.8 Å². The Kier molecular flexibility index (Phi) is 8.01. The number of benzene rings is 1. The minimum atomic E-state index is -3.79. The average molecular weight is 596 g/mol. The minimum Gasteiger partial charge on any atom is -0.395 e. The molecular weight excluding hydrogens is 560 g/mol. The third kappa shape index (κ3) is 6.33. The predicted octanol–water partition coefficient (Wildman–Crippen LogP) is 2.06. The number of hydrogen-bond acceptors (Lipinski definition) is 8. The fraction of sp³-hybridized carbons (Fsp3) is 0.556. The fourth-order valence-corrected chi connectivity index (χ4v) is 6.72. The molecule has 3 heterocycles. The molecule has 2 atom stereocenters.